The maximum Gasteiger partial charge on any atom is 0.410 e. The zero-order valence-corrected chi connectivity index (χ0v) is 23.9. The Hall–Kier alpha value is -4.08. The van der Waals surface area contributed by atoms with Gasteiger partial charge in [-0.25, -0.2) is 19.2 Å². The number of fused-ring (bicyclic) bond motifs is 2. The van der Waals surface area contributed by atoms with E-state index >= 15 is 0 Å². The predicted octanol–water partition coefficient (Wildman–Crippen LogP) is 4.92. The number of piperidine rings is 1. The molecule has 4 rings (SSSR count). The van der Waals surface area contributed by atoms with E-state index in [0.29, 0.717) is 18.4 Å². The lowest BCUT2D eigenvalue weighted by atomic mass is 9.85. The van der Waals surface area contributed by atoms with Crippen LogP contribution in [0.4, 0.5) is 9.59 Å². The fraction of sp³-hybridized carbons (Fsp3) is 0.484. The number of methoxy groups -OCH3 is 1. The number of hydrogen-bond acceptors (Lipinski definition) is 8. The monoisotopic (exact) mass is 566 g/mol. The molecule has 2 aliphatic heterocycles. The number of esters is 2. The van der Waals surface area contributed by atoms with Gasteiger partial charge in [-0.2, -0.15) is 0 Å². The van der Waals surface area contributed by atoms with Crippen molar-refractivity contribution < 1.29 is 38.1 Å². The average molecular weight is 567 g/mol. The number of nitrogens with one attached hydrogen (secondary N) is 1. The molecule has 2 amide bonds. The van der Waals surface area contributed by atoms with Crippen molar-refractivity contribution in [3.8, 4) is 0 Å². The minimum atomic E-state index is -1.33. The quantitative estimate of drug-likeness (QED) is 0.353. The molecular weight excluding hydrogens is 528 g/mol. The molecule has 2 bridgehead atoms. The highest BCUT2D eigenvalue weighted by molar-refractivity contribution is 5.84. The molecule has 4 atom stereocenters. The smallest absolute Gasteiger partial charge is 0.410 e. The van der Waals surface area contributed by atoms with Crippen LogP contribution in [-0.4, -0.2) is 59.9 Å². The van der Waals surface area contributed by atoms with E-state index in [-0.39, 0.29) is 30.7 Å². The molecule has 2 heterocycles. The summed E-state index contributed by atoms with van der Waals surface area (Å²) in [4.78, 5) is 53.6. The highest BCUT2D eigenvalue weighted by atomic mass is 16.6. The molecule has 41 heavy (non-hydrogen) atoms. The van der Waals surface area contributed by atoms with Gasteiger partial charge in [-0.15, -0.1) is 0 Å². The summed E-state index contributed by atoms with van der Waals surface area (Å²) in [6, 6.07) is 16.7. The Labute approximate surface area is 240 Å². The van der Waals surface area contributed by atoms with Gasteiger partial charge >= 0.3 is 24.1 Å². The fourth-order valence-electron chi connectivity index (χ4n) is 5.58. The Morgan fingerprint density at radius 1 is 0.902 bits per heavy atom. The molecule has 2 aliphatic rings. The van der Waals surface area contributed by atoms with Gasteiger partial charge in [-0.1, -0.05) is 60.7 Å². The fourth-order valence-corrected chi connectivity index (χ4v) is 5.58. The first kappa shape index (κ1) is 29.9. The van der Waals surface area contributed by atoms with Crippen molar-refractivity contribution in [3.05, 3.63) is 71.8 Å². The van der Waals surface area contributed by atoms with E-state index in [9.17, 15) is 19.2 Å². The molecule has 10 nitrogen and oxygen atoms in total. The minimum absolute atomic E-state index is 0.133. The summed E-state index contributed by atoms with van der Waals surface area (Å²) in [6.07, 6.45) is -0.159. The van der Waals surface area contributed by atoms with Crippen LogP contribution in [0, 0.1) is 5.92 Å². The number of amides is 2. The van der Waals surface area contributed by atoms with Crippen molar-refractivity contribution in [1.82, 2.24) is 10.2 Å². The molecule has 3 unspecified atom stereocenters. The summed E-state index contributed by atoms with van der Waals surface area (Å²) in [5.74, 6) is -1.66. The molecule has 0 spiro atoms. The minimum Gasteiger partial charge on any atom is -0.467 e. The molecule has 0 saturated carbocycles. The van der Waals surface area contributed by atoms with E-state index < -0.39 is 35.8 Å². The van der Waals surface area contributed by atoms with Crippen molar-refractivity contribution in [1.29, 1.82) is 0 Å². The zero-order chi connectivity index (χ0) is 29.6. The molecule has 10 heteroatoms. The first-order chi connectivity index (χ1) is 19.6. The topological polar surface area (TPSA) is 120 Å². The SMILES string of the molecule is COC(=O)[C@@H](NC(=O)OC(C(=O)OC(C)(C)C)c1ccccc1)C1CC2CCC(C1)N2C(=O)OCc1ccccc1. The van der Waals surface area contributed by atoms with E-state index in [1.54, 1.807) is 56.0 Å². The third-order valence-electron chi connectivity index (χ3n) is 7.33. The first-order valence-electron chi connectivity index (χ1n) is 13.9. The standard InChI is InChI=1S/C31H38N2O8/c1-31(2,3)41-28(35)26(21-13-9-6-10-14-21)40-29(36)32-25(27(34)38-4)22-17-23-15-16-24(18-22)33(23)30(37)39-19-20-11-7-5-8-12-20/h5-14,22-26H,15-19H2,1-4H3,(H,32,36)/t22?,23?,24?,25-,26?/m0/s1. The third kappa shape index (κ3) is 7.77. The highest BCUT2D eigenvalue weighted by Gasteiger charge is 2.48. The Balaban J connectivity index is 1.42. The van der Waals surface area contributed by atoms with Gasteiger partial charge in [0.25, 0.3) is 0 Å². The van der Waals surface area contributed by atoms with Crippen LogP contribution in [0.15, 0.2) is 60.7 Å². The number of benzene rings is 2. The van der Waals surface area contributed by atoms with Crippen molar-refractivity contribution in [2.45, 2.75) is 82.9 Å². The summed E-state index contributed by atoms with van der Waals surface area (Å²) < 4.78 is 21.6. The summed E-state index contributed by atoms with van der Waals surface area (Å²) in [7, 11) is 1.25. The van der Waals surface area contributed by atoms with E-state index in [1.807, 2.05) is 30.3 Å². The number of nitrogens with zero attached hydrogens (tertiary/aromatic N) is 1. The van der Waals surface area contributed by atoms with Crippen molar-refractivity contribution in [2.75, 3.05) is 7.11 Å². The summed E-state index contributed by atoms with van der Waals surface area (Å²) in [5, 5.41) is 2.64. The van der Waals surface area contributed by atoms with E-state index in [2.05, 4.69) is 5.32 Å². The van der Waals surface area contributed by atoms with Gasteiger partial charge in [-0.05, 0) is 57.9 Å². The summed E-state index contributed by atoms with van der Waals surface area (Å²) in [6.45, 7) is 5.34. The maximum atomic E-state index is 13.1. The molecule has 220 valence electrons. The van der Waals surface area contributed by atoms with Crippen LogP contribution in [0.2, 0.25) is 0 Å². The molecule has 1 N–H and O–H groups in total. The van der Waals surface area contributed by atoms with Crippen molar-refractivity contribution in [2.24, 2.45) is 5.92 Å². The van der Waals surface area contributed by atoms with Gasteiger partial charge < -0.3 is 29.2 Å². The molecule has 2 aromatic rings. The Morgan fingerprint density at radius 2 is 1.49 bits per heavy atom. The van der Waals surface area contributed by atoms with Gasteiger partial charge in [-0.3, -0.25) is 0 Å². The molecule has 2 aromatic carbocycles. The molecule has 0 aliphatic carbocycles. The zero-order valence-electron chi connectivity index (χ0n) is 23.9. The van der Waals surface area contributed by atoms with E-state index in [0.717, 1.165) is 18.4 Å². The second-order valence-corrected chi connectivity index (χ2v) is 11.4. The number of carbonyl (C=O) groups is 4. The largest absolute Gasteiger partial charge is 0.467 e. The predicted molar refractivity (Wildman–Crippen MR) is 148 cm³/mol. The Bertz CT molecular complexity index is 1200. The number of hydrogen-bond donors (Lipinski definition) is 1. The Morgan fingerprint density at radius 3 is 2.05 bits per heavy atom. The van der Waals surface area contributed by atoms with Crippen LogP contribution in [0.1, 0.15) is 63.7 Å². The van der Waals surface area contributed by atoms with E-state index in [1.165, 1.54) is 7.11 Å². The van der Waals surface area contributed by atoms with Gasteiger partial charge in [0.2, 0.25) is 6.10 Å². The van der Waals surface area contributed by atoms with Gasteiger partial charge in [0.15, 0.2) is 0 Å². The van der Waals surface area contributed by atoms with Crippen LogP contribution in [0.25, 0.3) is 0 Å². The number of rotatable bonds is 8. The Kier molecular flexibility index (Phi) is 9.52. The van der Waals surface area contributed by atoms with Gasteiger partial charge in [0.05, 0.1) is 7.11 Å². The lowest BCUT2D eigenvalue weighted by molar-refractivity contribution is -0.165. The average Bonchev–Trinajstić information content (AvgIpc) is 3.22. The normalized spacial score (nSPS) is 21.3. The third-order valence-corrected chi connectivity index (χ3v) is 7.33. The lowest BCUT2D eigenvalue weighted by Gasteiger charge is -2.40. The van der Waals surface area contributed by atoms with Crippen molar-refractivity contribution >= 4 is 24.1 Å². The van der Waals surface area contributed by atoms with Crippen LogP contribution < -0.4 is 5.32 Å². The molecular formula is C31H38N2O8. The van der Waals surface area contributed by atoms with Crippen molar-refractivity contribution in [3.63, 3.8) is 0 Å². The molecule has 2 fully saturated rings. The molecule has 2 saturated heterocycles. The summed E-state index contributed by atoms with van der Waals surface area (Å²) in [5.41, 5.74) is 0.539. The van der Waals surface area contributed by atoms with Gasteiger partial charge in [0, 0.05) is 17.6 Å². The van der Waals surface area contributed by atoms with Crippen LogP contribution >= 0.6 is 0 Å². The maximum absolute atomic E-state index is 13.1. The molecule has 0 radical (unpaired) electrons. The number of ether oxygens (including phenoxy) is 4. The second kappa shape index (κ2) is 13.1. The van der Waals surface area contributed by atoms with E-state index in [4.69, 9.17) is 18.9 Å². The lowest BCUT2D eigenvalue weighted by Crippen LogP contribution is -2.54. The number of carbonyl (C=O) groups excluding carboxylic acids is 4. The molecule has 0 aromatic heterocycles. The van der Waals surface area contributed by atoms with Crippen LogP contribution in [0.5, 0.6) is 0 Å². The number of alkyl carbamates (subject to hydrolysis) is 1. The highest BCUT2D eigenvalue weighted by Crippen LogP contribution is 2.40. The first-order valence-corrected chi connectivity index (χ1v) is 13.9. The van der Waals surface area contributed by atoms with Crippen LogP contribution in [-0.2, 0) is 35.1 Å². The van der Waals surface area contributed by atoms with Gasteiger partial charge in [0.1, 0.15) is 18.2 Å². The van der Waals surface area contributed by atoms with Crippen LogP contribution in [0.3, 0.4) is 0 Å². The second-order valence-electron chi connectivity index (χ2n) is 11.4. The summed E-state index contributed by atoms with van der Waals surface area (Å²) >= 11 is 0.